The van der Waals surface area contributed by atoms with Crippen LogP contribution >= 0.6 is 0 Å². The summed E-state index contributed by atoms with van der Waals surface area (Å²) in [6, 6.07) is 0. The lowest BCUT2D eigenvalue weighted by Crippen LogP contribution is -2.34. The molecule has 3 heteroatoms. The Bertz CT molecular complexity index is 330. The predicted octanol–water partition coefficient (Wildman–Crippen LogP) is 2.00. The maximum absolute atomic E-state index is 10.5. The number of aryl methyl sites for hydroxylation is 1. The number of aliphatic hydroxyl groups is 1. The third-order valence-electron chi connectivity index (χ3n) is 3.56. The van der Waals surface area contributed by atoms with Crippen molar-refractivity contribution in [1.29, 1.82) is 0 Å². The molecule has 1 aliphatic rings. The predicted molar refractivity (Wildman–Crippen MR) is 59.6 cm³/mol. The van der Waals surface area contributed by atoms with E-state index in [9.17, 15) is 5.11 Å². The van der Waals surface area contributed by atoms with Crippen molar-refractivity contribution in [3.05, 3.63) is 18.2 Å². The molecule has 1 aliphatic carbocycles. The summed E-state index contributed by atoms with van der Waals surface area (Å²) in [4.78, 5) is 4.33. The van der Waals surface area contributed by atoms with Gasteiger partial charge in [0.05, 0.1) is 5.60 Å². The standard InChI is InChI=1S/C12H20N2O/c1-3-12(15,10-5-6-10)9-11-13-7-8-14(11)4-2/h7-8,10,15H,3-6,9H2,1-2H3. The second kappa shape index (κ2) is 3.97. The van der Waals surface area contributed by atoms with Crippen molar-refractivity contribution in [3.8, 4) is 0 Å². The minimum Gasteiger partial charge on any atom is -0.389 e. The van der Waals surface area contributed by atoms with Gasteiger partial charge in [0.25, 0.3) is 0 Å². The minimum atomic E-state index is -0.516. The maximum atomic E-state index is 10.5. The molecular weight excluding hydrogens is 188 g/mol. The summed E-state index contributed by atoms with van der Waals surface area (Å²) in [5, 5.41) is 10.5. The van der Waals surface area contributed by atoms with E-state index < -0.39 is 5.60 Å². The highest BCUT2D eigenvalue weighted by molar-refractivity contribution is 5.03. The van der Waals surface area contributed by atoms with Gasteiger partial charge in [-0.05, 0) is 32.1 Å². The lowest BCUT2D eigenvalue weighted by Gasteiger charge is -2.26. The van der Waals surface area contributed by atoms with E-state index in [2.05, 4.69) is 23.4 Å². The molecule has 0 bridgehead atoms. The molecule has 0 aliphatic heterocycles. The number of hydrogen-bond donors (Lipinski definition) is 1. The second-order valence-electron chi connectivity index (χ2n) is 4.54. The van der Waals surface area contributed by atoms with Crippen LogP contribution in [0.1, 0.15) is 38.9 Å². The van der Waals surface area contributed by atoms with Crippen LogP contribution in [0.4, 0.5) is 0 Å². The molecule has 15 heavy (non-hydrogen) atoms. The van der Waals surface area contributed by atoms with Crippen LogP contribution in [0.5, 0.6) is 0 Å². The van der Waals surface area contributed by atoms with Gasteiger partial charge in [-0.25, -0.2) is 4.98 Å². The topological polar surface area (TPSA) is 38.0 Å². The summed E-state index contributed by atoms with van der Waals surface area (Å²) in [5.74, 6) is 1.53. The zero-order valence-corrected chi connectivity index (χ0v) is 9.61. The van der Waals surface area contributed by atoms with Gasteiger partial charge < -0.3 is 9.67 Å². The minimum absolute atomic E-state index is 0.504. The highest BCUT2D eigenvalue weighted by Gasteiger charge is 2.42. The van der Waals surface area contributed by atoms with Crippen LogP contribution in [-0.2, 0) is 13.0 Å². The van der Waals surface area contributed by atoms with Gasteiger partial charge in [-0.3, -0.25) is 0 Å². The van der Waals surface area contributed by atoms with Crippen LogP contribution in [0, 0.1) is 5.92 Å². The Kier molecular flexibility index (Phi) is 2.83. The first-order valence-corrected chi connectivity index (χ1v) is 5.92. The molecule has 1 N–H and O–H groups in total. The average molecular weight is 208 g/mol. The van der Waals surface area contributed by atoms with Crippen molar-refractivity contribution in [2.75, 3.05) is 0 Å². The van der Waals surface area contributed by atoms with Crippen LogP contribution in [0.2, 0.25) is 0 Å². The third-order valence-corrected chi connectivity index (χ3v) is 3.56. The van der Waals surface area contributed by atoms with Crippen molar-refractivity contribution in [2.24, 2.45) is 5.92 Å². The van der Waals surface area contributed by atoms with E-state index in [0.29, 0.717) is 12.3 Å². The Morgan fingerprint density at radius 1 is 1.53 bits per heavy atom. The summed E-state index contributed by atoms with van der Waals surface area (Å²) in [7, 11) is 0. The number of aromatic nitrogens is 2. The van der Waals surface area contributed by atoms with Crippen LogP contribution < -0.4 is 0 Å². The molecule has 0 spiro atoms. The zero-order chi connectivity index (χ0) is 10.9. The Labute approximate surface area is 91.1 Å². The zero-order valence-electron chi connectivity index (χ0n) is 9.61. The van der Waals surface area contributed by atoms with Crippen LogP contribution in [0.25, 0.3) is 0 Å². The molecule has 1 saturated carbocycles. The molecule has 1 unspecified atom stereocenters. The molecule has 1 aromatic rings. The lowest BCUT2D eigenvalue weighted by atomic mass is 9.90. The van der Waals surface area contributed by atoms with Gasteiger partial charge in [-0.2, -0.15) is 0 Å². The molecule has 3 nitrogen and oxygen atoms in total. The van der Waals surface area contributed by atoms with Crippen LogP contribution in [0.15, 0.2) is 12.4 Å². The quantitative estimate of drug-likeness (QED) is 0.803. The summed E-state index contributed by atoms with van der Waals surface area (Å²) < 4.78 is 2.11. The maximum Gasteiger partial charge on any atom is 0.111 e. The number of nitrogens with zero attached hydrogens (tertiary/aromatic N) is 2. The van der Waals surface area contributed by atoms with Crippen molar-refractivity contribution >= 4 is 0 Å². The summed E-state index contributed by atoms with van der Waals surface area (Å²) in [6.07, 6.45) is 7.69. The lowest BCUT2D eigenvalue weighted by molar-refractivity contribution is 0.0113. The normalized spacial score (nSPS) is 20.2. The Morgan fingerprint density at radius 2 is 2.27 bits per heavy atom. The second-order valence-corrected chi connectivity index (χ2v) is 4.54. The highest BCUT2D eigenvalue weighted by atomic mass is 16.3. The summed E-state index contributed by atoms with van der Waals surface area (Å²) in [5.41, 5.74) is -0.516. The van der Waals surface area contributed by atoms with Gasteiger partial charge in [-0.15, -0.1) is 0 Å². The van der Waals surface area contributed by atoms with E-state index in [1.807, 2.05) is 12.4 Å². The molecule has 0 aromatic carbocycles. The molecule has 0 saturated heterocycles. The first kappa shape index (κ1) is 10.7. The third kappa shape index (κ3) is 2.07. The van der Waals surface area contributed by atoms with E-state index >= 15 is 0 Å². The van der Waals surface area contributed by atoms with E-state index in [1.54, 1.807) is 0 Å². The number of imidazole rings is 1. The Balaban J connectivity index is 2.12. The van der Waals surface area contributed by atoms with E-state index in [0.717, 1.165) is 18.8 Å². The Morgan fingerprint density at radius 3 is 2.80 bits per heavy atom. The van der Waals surface area contributed by atoms with Crippen molar-refractivity contribution < 1.29 is 5.11 Å². The Hall–Kier alpha value is -0.830. The van der Waals surface area contributed by atoms with Crippen molar-refractivity contribution in [2.45, 2.75) is 51.7 Å². The summed E-state index contributed by atoms with van der Waals surface area (Å²) in [6.45, 7) is 5.10. The van der Waals surface area contributed by atoms with Gasteiger partial charge in [0, 0.05) is 25.4 Å². The van der Waals surface area contributed by atoms with Crippen LogP contribution in [-0.4, -0.2) is 20.3 Å². The van der Waals surface area contributed by atoms with Crippen molar-refractivity contribution in [3.63, 3.8) is 0 Å². The molecule has 1 heterocycles. The average Bonchev–Trinajstić information content (AvgIpc) is 3.01. The largest absolute Gasteiger partial charge is 0.389 e. The first-order valence-electron chi connectivity index (χ1n) is 5.92. The fourth-order valence-electron chi connectivity index (χ4n) is 2.25. The smallest absolute Gasteiger partial charge is 0.111 e. The molecule has 1 aromatic heterocycles. The van der Waals surface area contributed by atoms with Gasteiger partial charge in [-0.1, -0.05) is 6.92 Å². The van der Waals surface area contributed by atoms with Crippen molar-refractivity contribution in [1.82, 2.24) is 9.55 Å². The SMILES string of the molecule is CCn1ccnc1CC(O)(CC)C1CC1. The van der Waals surface area contributed by atoms with Crippen LogP contribution in [0.3, 0.4) is 0 Å². The molecule has 2 rings (SSSR count). The van der Waals surface area contributed by atoms with E-state index in [1.165, 1.54) is 12.8 Å². The molecule has 0 radical (unpaired) electrons. The van der Waals surface area contributed by atoms with E-state index in [-0.39, 0.29) is 0 Å². The fourth-order valence-corrected chi connectivity index (χ4v) is 2.25. The molecular formula is C12H20N2O. The molecule has 0 amide bonds. The number of hydrogen-bond acceptors (Lipinski definition) is 2. The molecule has 84 valence electrons. The highest BCUT2D eigenvalue weighted by Crippen LogP contribution is 2.43. The van der Waals surface area contributed by atoms with Gasteiger partial charge in [0.1, 0.15) is 5.82 Å². The summed E-state index contributed by atoms with van der Waals surface area (Å²) >= 11 is 0. The van der Waals surface area contributed by atoms with Gasteiger partial charge in [0.2, 0.25) is 0 Å². The molecule has 1 fully saturated rings. The fraction of sp³-hybridized carbons (Fsp3) is 0.750. The van der Waals surface area contributed by atoms with E-state index in [4.69, 9.17) is 0 Å². The van der Waals surface area contributed by atoms with Gasteiger partial charge in [0.15, 0.2) is 0 Å². The number of rotatable bonds is 5. The monoisotopic (exact) mass is 208 g/mol. The molecule has 1 atom stereocenters. The van der Waals surface area contributed by atoms with Gasteiger partial charge >= 0.3 is 0 Å². The first-order chi connectivity index (χ1) is 7.19.